The lowest BCUT2D eigenvalue weighted by Crippen LogP contribution is -2.49. The number of rotatable bonds is 15. The number of ether oxygens (including phenoxy) is 3. The topological polar surface area (TPSA) is 115 Å². The number of hydrogen-bond acceptors (Lipinski definition) is 10. The predicted octanol–water partition coefficient (Wildman–Crippen LogP) is 6.38. The van der Waals surface area contributed by atoms with Crippen LogP contribution in [0, 0.1) is 0 Å². The van der Waals surface area contributed by atoms with Crippen molar-refractivity contribution in [3.8, 4) is 5.75 Å². The van der Waals surface area contributed by atoms with E-state index in [9.17, 15) is 4.79 Å². The van der Waals surface area contributed by atoms with Crippen LogP contribution in [0.4, 0.5) is 16.7 Å². The first-order valence-electron chi connectivity index (χ1n) is 18.7. The molecule has 0 atom stereocenters. The predicted molar refractivity (Wildman–Crippen MR) is 219 cm³/mol. The fraction of sp³-hybridized carbons (Fsp3) is 0.390. The van der Waals surface area contributed by atoms with Crippen LogP contribution in [0.2, 0.25) is 0 Å². The zero-order valence-electron chi connectivity index (χ0n) is 32.4. The van der Waals surface area contributed by atoms with Crippen molar-refractivity contribution in [1.29, 1.82) is 0 Å². The second-order valence-electron chi connectivity index (χ2n) is 14.6. The van der Waals surface area contributed by atoms with Crippen molar-refractivity contribution in [2.45, 2.75) is 39.8 Å². The van der Waals surface area contributed by atoms with Crippen LogP contribution in [0.15, 0.2) is 85.1 Å². The van der Waals surface area contributed by atoms with Crippen molar-refractivity contribution in [3.05, 3.63) is 108 Å². The van der Waals surface area contributed by atoms with Crippen LogP contribution in [0.1, 0.15) is 29.4 Å². The largest absolute Gasteiger partial charge is 0.497 e. The second kappa shape index (κ2) is 17.0. The van der Waals surface area contributed by atoms with Crippen LogP contribution >= 0.6 is 10.0 Å². The molecule has 3 aromatic carbocycles. The molecule has 14 heteroatoms. The molecular weight excluding hydrogens is 715 g/mol. The summed E-state index contributed by atoms with van der Waals surface area (Å²) in [7, 11) is 0.985. The van der Waals surface area contributed by atoms with Crippen molar-refractivity contribution in [2.24, 2.45) is 0 Å². The minimum absolute atomic E-state index is 0.242. The number of anilines is 2. The Labute approximate surface area is 324 Å². The van der Waals surface area contributed by atoms with Gasteiger partial charge in [0, 0.05) is 44.0 Å². The molecule has 0 unspecified atom stereocenters. The number of fused-ring (bicyclic) bond motifs is 2. The first-order chi connectivity index (χ1) is 26.7. The van der Waals surface area contributed by atoms with E-state index in [-0.39, 0.29) is 12.7 Å². The zero-order chi connectivity index (χ0) is 38.4. The van der Waals surface area contributed by atoms with E-state index < -0.39 is 10.0 Å². The Morgan fingerprint density at radius 2 is 1.60 bits per heavy atom. The van der Waals surface area contributed by atoms with E-state index in [2.05, 4.69) is 58.3 Å². The summed E-state index contributed by atoms with van der Waals surface area (Å²) in [5, 5.41) is 4.83. The number of amides is 1. The van der Waals surface area contributed by atoms with E-state index in [1.807, 2.05) is 71.4 Å². The molecule has 0 bridgehead atoms. The second-order valence-corrected chi connectivity index (χ2v) is 19.2. The third-order valence-electron chi connectivity index (χ3n) is 9.76. The lowest BCUT2D eigenvalue weighted by Gasteiger charge is -2.34. The molecule has 6 aromatic rings. The van der Waals surface area contributed by atoms with Gasteiger partial charge >= 0.3 is 6.09 Å². The van der Waals surface area contributed by atoms with Crippen molar-refractivity contribution in [2.75, 3.05) is 74.2 Å². The van der Waals surface area contributed by atoms with Crippen molar-refractivity contribution >= 4 is 44.7 Å². The highest BCUT2D eigenvalue weighted by atomic mass is 32.3. The average Bonchev–Trinajstić information content (AvgIpc) is 3.79. The summed E-state index contributed by atoms with van der Waals surface area (Å²) in [4.78, 5) is 34.6. The number of methoxy groups -OCH3 is 1. The smallest absolute Gasteiger partial charge is 0.410 e. The number of imidazole rings is 1. The molecule has 290 valence electrons. The number of benzene rings is 3. The molecule has 1 fully saturated rings. The molecule has 0 spiro atoms. The molecule has 1 saturated heterocycles. The number of hydrogen-bond donors (Lipinski definition) is 0. The summed E-state index contributed by atoms with van der Waals surface area (Å²) in [6.07, 6.45) is 9.25. The molecule has 0 N–H and O–H groups in total. The number of carbonyl (C=O) groups excluding carboxylic acids is 1. The quantitative estimate of drug-likeness (QED) is 0.109. The van der Waals surface area contributed by atoms with Gasteiger partial charge in [-0.05, 0) is 60.6 Å². The van der Waals surface area contributed by atoms with Gasteiger partial charge in [-0.3, -0.25) is 0 Å². The summed E-state index contributed by atoms with van der Waals surface area (Å²) >= 11 is 0. The number of aromatic nitrogens is 6. The third kappa shape index (κ3) is 9.14. The minimum atomic E-state index is -0.688. The van der Waals surface area contributed by atoms with E-state index in [4.69, 9.17) is 34.3 Å². The van der Waals surface area contributed by atoms with Crippen molar-refractivity contribution in [3.63, 3.8) is 0 Å². The van der Waals surface area contributed by atoms with Gasteiger partial charge in [0.2, 0.25) is 11.9 Å². The number of nitrogens with zero attached hydrogens (tertiary/aromatic N) is 9. The summed E-state index contributed by atoms with van der Waals surface area (Å²) in [6, 6.07) is 26.0. The van der Waals surface area contributed by atoms with Crippen LogP contribution in [0.5, 0.6) is 5.75 Å². The maximum atomic E-state index is 13.0. The maximum absolute atomic E-state index is 13.0. The van der Waals surface area contributed by atoms with Crippen molar-refractivity contribution in [1.82, 2.24) is 34.0 Å². The highest BCUT2D eigenvalue weighted by Gasteiger charge is 2.27. The van der Waals surface area contributed by atoms with Crippen LogP contribution in [-0.4, -0.2) is 105 Å². The van der Waals surface area contributed by atoms with Crippen LogP contribution in [0.25, 0.3) is 16.7 Å². The van der Waals surface area contributed by atoms with Gasteiger partial charge in [0.25, 0.3) is 0 Å². The van der Waals surface area contributed by atoms with Gasteiger partial charge in [-0.25, -0.2) is 19.8 Å². The molecule has 13 nitrogen and oxygen atoms in total. The molecule has 0 aliphatic carbocycles. The average molecular weight is 766 g/mol. The van der Waals surface area contributed by atoms with Gasteiger partial charge in [-0.1, -0.05) is 61.5 Å². The molecule has 4 heterocycles. The van der Waals surface area contributed by atoms with Crippen LogP contribution in [0.3, 0.4) is 0 Å². The highest BCUT2D eigenvalue weighted by Crippen LogP contribution is 2.34. The first kappa shape index (κ1) is 38.0. The van der Waals surface area contributed by atoms with Crippen LogP contribution < -0.4 is 14.5 Å². The van der Waals surface area contributed by atoms with Gasteiger partial charge in [0.05, 0.1) is 37.5 Å². The van der Waals surface area contributed by atoms with E-state index in [0.29, 0.717) is 64.5 Å². The number of piperazine rings is 1. The fourth-order valence-electron chi connectivity index (χ4n) is 6.57. The number of carbonyl (C=O) groups is 1. The highest BCUT2D eigenvalue weighted by molar-refractivity contribution is 8.32. The number of aryl methyl sites for hydroxylation is 1. The van der Waals surface area contributed by atoms with E-state index in [0.717, 1.165) is 57.1 Å². The summed E-state index contributed by atoms with van der Waals surface area (Å²) in [5.74, 6) is 3.92. The number of para-hydroxylation sites is 2. The summed E-state index contributed by atoms with van der Waals surface area (Å²) < 4.78 is 21.4. The molecule has 55 heavy (non-hydrogen) atoms. The Morgan fingerprint density at radius 3 is 2.33 bits per heavy atom. The first-order valence-corrected chi connectivity index (χ1v) is 21.7. The standard InChI is InChI=1S/C41H51N9O4S/c1-6-33-26-42-50-38(33)44-39(46-20-22-47(23-21-46)41(51)54-29-32-12-8-7-9-13-32)45-40(50)48(27-31-16-18-34(52-2)19-17-31)28-37-43-35-14-10-11-15-36(35)49(37)30-53-24-25-55(3,4)5/h7-19,26H,6,20-25,27-30H2,1-5H3. The monoisotopic (exact) mass is 765 g/mol. The SMILES string of the molecule is CCc1cnn2c(N(Cc3ccc(OC)cc3)Cc3nc4ccccc4n3COCCS(C)(C)C)nc(N3CCN(C(=O)OCc4ccccc4)CC3)nc12. The Morgan fingerprint density at radius 1 is 0.855 bits per heavy atom. The van der Waals surface area contributed by atoms with E-state index >= 15 is 0 Å². The Hall–Kier alpha value is -5.34. The van der Waals surface area contributed by atoms with Crippen molar-refractivity contribution < 1.29 is 19.0 Å². The van der Waals surface area contributed by atoms with Gasteiger partial charge < -0.3 is 33.5 Å². The third-order valence-corrected chi connectivity index (χ3v) is 11.2. The normalized spacial score (nSPS) is 13.8. The molecule has 7 rings (SSSR count). The molecule has 1 amide bonds. The molecule has 0 radical (unpaired) electrons. The summed E-state index contributed by atoms with van der Waals surface area (Å²) in [5.41, 5.74) is 5.75. The van der Waals surface area contributed by atoms with Gasteiger partial charge in [-0.15, -0.1) is 0 Å². The van der Waals surface area contributed by atoms with Gasteiger partial charge in [0.15, 0.2) is 5.65 Å². The van der Waals surface area contributed by atoms with E-state index in [1.165, 1.54) is 0 Å². The molecule has 3 aromatic heterocycles. The molecule has 1 aliphatic rings. The molecule has 0 saturated carbocycles. The minimum Gasteiger partial charge on any atom is -0.497 e. The van der Waals surface area contributed by atoms with Gasteiger partial charge in [0.1, 0.15) is 24.9 Å². The maximum Gasteiger partial charge on any atom is 0.410 e. The van der Waals surface area contributed by atoms with E-state index in [1.54, 1.807) is 12.0 Å². The fourth-order valence-corrected chi connectivity index (χ4v) is 7.19. The Kier molecular flexibility index (Phi) is 11.7. The van der Waals surface area contributed by atoms with Gasteiger partial charge in [-0.2, -0.15) is 19.6 Å². The Bertz CT molecular complexity index is 2190. The zero-order valence-corrected chi connectivity index (χ0v) is 33.2. The lowest BCUT2D eigenvalue weighted by atomic mass is 10.2. The Balaban J connectivity index is 1.20. The molecule has 1 aliphatic heterocycles. The molecular formula is C41H51N9O4S. The van der Waals surface area contributed by atoms with Crippen LogP contribution in [-0.2, 0) is 42.3 Å². The lowest BCUT2D eigenvalue weighted by molar-refractivity contribution is 0.0903. The summed E-state index contributed by atoms with van der Waals surface area (Å²) in [6.45, 7) is 6.50.